The van der Waals surface area contributed by atoms with Gasteiger partial charge in [-0.2, -0.15) is 0 Å². The third-order valence-electron chi connectivity index (χ3n) is 3.59. The maximum absolute atomic E-state index is 13.4. The average molecular weight is 375 g/mol. The molecule has 0 fully saturated rings. The van der Waals surface area contributed by atoms with Crippen molar-refractivity contribution >= 4 is 23.4 Å². The minimum atomic E-state index is -0.724. The lowest BCUT2D eigenvalue weighted by atomic mass is 10.0. The highest BCUT2D eigenvalue weighted by molar-refractivity contribution is 5.93. The topological polar surface area (TPSA) is 111 Å². The summed E-state index contributed by atoms with van der Waals surface area (Å²) in [4.78, 5) is 34.4. The fourth-order valence-electron chi connectivity index (χ4n) is 2.41. The molecule has 2 aromatic carbocycles. The van der Waals surface area contributed by atoms with Gasteiger partial charge in [0.05, 0.1) is 24.0 Å². The van der Waals surface area contributed by atoms with E-state index in [0.29, 0.717) is 5.56 Å². The molecule has 0 saturated heterocycles. The maximum atomic E-state index is 13.4. The van der Waals surface area contributed by atoms with Crippen LogP contribution in [0.25, 0.3) is 0 Å². The van der Waals surface area contributed by atoms with Crippen LogP contribution >= 0.6 is 0 Å². The molecule has 9 heteroatoms. The van der Waals surface area contributed by atoms with Gasteiger partial charge in [-0.3, -0.25) is 14.9 Å². The van der Waals surface area contributed by atoms with Crippen LogP contribution < -0.4 is 10.6 Å². The van der Waals surface area contributed by atoms with E-state index < -0.39 is 34.5 Å². The normalized spacial score (nSPS) is 11.3. The quantitative estimate of drug-likeness (QED) is 0.568. The van der Waals surface area contributed by atoms with E-state index in [2.05, 4.69) is 10.6 Å². The van der Waals surface area contributed by atoms with Crippen molar-refractivity contribution in [3.8, 4) is 0 Å². The molecule has 0 aromatic heterocycles. The minimum absolute atomic E-state index is 0.162. The molecule has 2 aromatic rings. The Bertz CT molecular complexity index is 829. The first-order valence-corrected chi connectivity index (χ1v) is 8.12. The molecule has 2 rings (SSSR count). The number of ether oxygens (including phenoxy) is 1. The van der Waals surface area contributed by atoms with Crippen LogP contribution in [0.2, 0.25) is 0 Å². The first kappa shape index (κ1) is 19.8. The van der Waals surface area contributed by atoms with Crippen LogP contribution in [-0.4, -0.2) is 23.5 Å². The Kier molecular flexibility index (Phi) is 6.81. The summed E-state index contributed by atoms with van der Waals surface area (Å²) in [5.41, 5.74) is -0.0400. The van der Waals surface area contributed by atoms with Crippen LogP contribution in [0.4, 0.5) is 20.6 Å². The predicted octanol–water partition coefficient (Wildman–Crippen LogP) is 3.55. The van der Waals surface area contributed by atoms with Crippen molar-refractivity contribution < 1.29 is 23.6 Å². The molecule has 8 nitrogen and oxygen atoms in total. The van der Waals surface area contributed by atoms with Crippen LogP contribution in [0.3, 0.4) is 0 Å². The van der Waals surface area contributed by atoms with Crippen molar-refractivity contribution in [2.75, 3.05) is 11.9 Å². The average Bonchev–Trinajstić information content (AvgIpc) is 2.62. The number of nitro benzene ring substituents is 1. The number of rotatable bonds is 7. The summed E-state index contributed by atoms with van der Waals surface area (Å²) in [5.74, 6) is -1.35. The Morgan fingerprint density at radius 1 is 1.22 bits per heavy atom. The van der Waals surface area contributed by atoms with Crippen molar-refractivity contribution in [1.82, 2.24) is 5.32 Å². The van der Waals surface area contributed by atoms with E-state index in [0.717, 1.165) is 18.2 Å². The molecule has 0 unspecified atom stereocenters. The Balaban J connectivity index is 2.17. The summed E-state index contributed by atoms with van der Waals surface area (Å²) in [5, 5.41) is 15.9. The molecule has 0 aliphatic carbocycles. The van der Waals surface area contributed by atoms with Crippen molar-refractivity contribution in [2.24, 2.45) is 0 Å². The van der Waals surface area contributed by atoms with Crippen molar-refractivity contribution in [2.45, 2.75) is 19.4 Å². The van der Waals surface area contributed by atoms with Crippen LogP contribution in [0.1, 0.15) is 24.9 Å². The number of hydrogen-bond donors (Lipinski definition) is 2. The van der Waals surface area contributed by atoms with Gasteiger partial charge in [0.15, 0.2) is 0 Å². The molecule has 0 bridgehead atoms. The highest BCUT2D eigenvalue weighted by Gasteiger charge is 2.22. The number of amides is 2. The summed E-state index contributed by atoms with van der Waals surface area (Å²) < 4.78 is 18.2. The number of carbonyl (C=O) groups excluding carboxylic acids is 2. The maximum Gasteiger partial charge on any atom is 0.407 e. The number of alkyl carbamates (subject to hydrolysis) is 1. The molecular weight excluding hydrogens is 357 g/mol. The monoisotopic (exact) mass is 375 g/mol. The standard InChI is InChI=1S/C18H18FN3O5/c1-2-27-18(24)21-14(12-6-4-3-5-7-12)11-17(23)20-15-10-13(19)8-9-16(15)22(25)26/h3-10,14H,2,11H2,1H3,(H,20,23)(H,21,24)/t14-/m0/s1. The van der Waals surface area contributed by atoms with Crippen LogP contribution in [-0.2, 0) is 9.53 Å². The molecule has 142 valence electrons. The zero-order chi connectivity index (χ0) is 19.8. The number of anilines is 1. The fourth-order valence-corrected chi connectivity index (χ4v) is 2.41. The van der Waals surface area contributed by atoms with Gasteiger partial charge in [-0.05, 0) is 18.6 Å². The van der Waals surface area contributed by atoms with E-state index >= 15 is 0 Å². The van der Waals surface area contributed by atoms with Gasteiger partial charge in [-0.25, -0.2) is 9.18 Å². The second kappa shape index (κ2) is 9.27. The molecule has 2 amide bonds. The van der Waals surface area contributed by atoms with E-state index in [9.17, 15) is 24.1 Å². The SMILES string of the molecule is CCOC(=O)N[C@@H](CC(=O)Nc1cc(F)ccc1[N+](=O)[O-])c1ccccc1. The number of nitro groups is 1. The zero-order valence-corrected chi connectivity index (χ0v) is 14.5. The van der Waals surface area contributed by atoms with E-state index in [4.69, 9.17) is 4.74 Å². The number of benzene rings is 2. The molecule has 0 saturated carbocycles. The smallest absolute Gasteiger partial charge is 0.407 e. The molecule has 0 aliphatic rings. The molecule has 0 radical (unpaired) electrons. The van der Waals surface area contributed by atoms with Crippen molar-refractivity contribution in [3.05, 3.63) is 70.0 Å². The summed E-state index contributed by atoms with van der Waals surface area (Å²) >= 11 is 0. The van der Waals surface area contributed by atoms with E-state index in [1.54, 1.807) is 37.3 Å². The lowest BCUT2D eigenvalue weighted by Gasteiger charge is -2.18. The van der Waals surface area contributed by atoms with Crippen LogP contribution in [0.15, 0.2) is 48.5 Å². The minimum Gasteiger partial charge on any atom is -0.450 e. The number of carbonyl (C=O) groups is 2. The second-order valence-corrected chi connectivity index (χ2v) is 5.50. The predicted molar refractivity (Wildman–Crippen MR) is 95.6 cm³/mol. The largest absolute Gasteiger partial charge is 0.450 e. The molecule has 0 spiro atoms. The van der Waals surface area contributed by atoms with Gasteiger partial charge in [0.1, 0.15) is 11.5 Å². The Morgan fingerprint density at radius 3 is 2.56 bits per heavy atom. The van der Waals surface area contributed by atoms with Crippen molar-refractivity contribution in [1.29, 1.82) is 0 Å². The van der Waals surface area contributed by atoms with E-state index in [-0.39, 0.29) is 18.7 Å². The number of nitrogens with one attached hydrogen (secondary N) is 2. The Hall–Kier alpha value is -3.49. The lowest BCUT2D eigenvalue weighted by molar-refractivity contribution is -0.384. The second-order valence-electron chi connectivity index (χ2n) is 5.50. The van der Waals surface area contributed by atoms with Crippen LogP contribution in [0, 0.1) is 15.9 Å². The van der Waals surface area contributed by atoms with E-state index in [1.165, 1.54) is 0 Å². The molecule has 2 N–H and O–H groups in total. The number of hydrogen-bond acceptors (Lipinski definition) is 5. The van der Waals surface area contributed by atoms with Gasteiger partial charge < -0.3 is 15.4 Å². The molecular formula is C18H18FN3O5. The van der Waals surface area contributed by atoms with Gasteiger partial charge in [0, 0.05) is 12.1 Å². The third-order valence-corrected chi connectivity index (χ3v) is 3.59. The Labute approximate surface area is 154 Å². The summed E-state index contributed by atoms with van der Waals surface area (Å²) in [6.45, 7) is 1.81. The summed E-state index contributed by atoms with van der Waals surface area (Å²) in [6.07, 6.45) is -0.924. The number of nitrogens with zero attached hydrogens (tertiary/aromatic N) is 1. The third kappa shape index (κ3) is 5.77. The van der Waals surface area contributed by atoms with Gasteiger partial charge in [-0.1, -0.05) is 30.3 Å². The van der Waals surface area contributed by atoms with Crippen LogP contribution in [0.5, 0.6) is 0 Å². The first-order chi connectivity index (χ1) is 12.9. The highest BCUT2D eigenvalue weighted by Crippen LogP contribution is 2.26. The van der Waals surface area contributed by atoms with Crippen molar-refractivity contribution in [3.63, 3.8) is 0 Å². The molecule has 0 heterocycles. The van der Waals surface area contributed by atoms with Gasteiger partial charge in [0.25, 0.3) is 5.69 Å². The zero-order valence-electron chi connectivity index (χ0n) is 14.5. The fraction of sp³-hybridized carbons (Fsp3) is 0.222. The summed E-state index contributed by atoms with van der Waals surface area (Å²) in [7, 11) is 0. The molecule has 0 aliphatic heterocycles. The highest BCUT2D eigenvalue weighted by atomic mass is 19.1. The van der Waals surface area contributed by atoms with Gasteiger partial charge >= 0.3 is 6.09 Å². The summed E-state index contributed by atoms with van der Waals surface area (Å²) in [6, 6.07) is 10.7. The molecule has 1 atom stereocenters. The van der Waals surface area contributed by atoms with Gasteiger partial charge in [-0.15, -0.1) is 0 Å². The first-order valence-electron chi connectivity index (χ1n) is 8.12. The van der Waals surface area contributed by atoms with E-state index in [1.807, 2.05) is 0 Å². The lowest BCUT2D eigenvalue weighted by Crippen LogP contribution is -2.32. The van der Waals surface area contributed by atoms with Gasteiger partial charge in [0.2, 0.25) is 5.91 Å². The number of halogens is 1. The molecule has 27 heavy (non-hydrogen) atoms. The Morgan fingerprint density at radius 2 is 1.93 bits per heavy atom.